The molecule has 0 saturated carbocycles. The molecule has 1 rings (SSSR count). The molecule has 0 aromatic heterocycles. The smallest absolute Gasteiger partial charge is 0.253 e. The predicted molar refractivity (Wildman–Crippen MR) is 98.6 cm³/mol. The molecule has 0 aliphatic heterocycles. The van der Waals surface area contributed by atoms with Gasteiger partial charge in [0, 0.05) is 18.1 Å². The van der Waals surface area contributed by atoms with E-state index in [0.717, 1.165) is 5.75 Å². The first-order chi connectivity index (χ1) is 10.9. The molecule has 2 amide bonds. The monoisotopic (exact) mass is 376 g/mol. The third kappa shape index (κ3) is 5.90. The first-order valence-corrected chi connectivity index (χ1v) is 9.63. The number of nitrogens with zero attached hydrogens (tertiary/aromatic N) is 1. The predicted octanol–water partition coefficient (Wildman–Crippen LogP) is 3.71. The maximum Gasteiger partial charge on any atom is 0.253 e. The van der Waals surface area contributed by atoms with E-state index in [0.29, 0.717) is 30.1 Å². The zero-order valence-corrected chi connectivity index (χ0v) is 15.9. The number of carbonyl (C=O) groups is 2. The lowest BCUT2D eigenvalue weighted by molar-refractivity contribution is -0.132. The van der Waals surface area contributed by atoms with Crippen LogP contribution in [0.4, 0.5) is 0 Å². The molecular formula is C16H22Cl2N2O2S. The van der Waals surface area contributed by atoms with Crippen LogP contribution in [0.15, 0.2) is 18.2 Å². The van der Waals surface area contributed by atoms with E-state index >= 15 is 0 Å². The van der Waals surface area contributed by atoms with Crippen molar-refractivity contribution in [3.63, 3.8) is 0 Å². The summed E-state index contributed by atoms with van der Waals surface area (Å²) >= 11 is 13.5. The highest BCUT2D eigenvalue weighted by Gasteiger charge is 2.25. The van der Waals surface area contributed by atoms with Gasteiger partial charge >= 0.3 is 0 Å². The van der Waals surface area contributed by atoms with Crippen LogP contribution in [0.25, 0.3) is 0 Å². The molecule has 23 heavy (non-hydrogen) atoms. The van der Waals surface area contributed by atoms with Gasteiger partial charge in [-0.05, 0) is 50.5 Å². The number of halogens is 2. The van der Waals surface area contributed by atoms with E-state index in [-0.39, 0.29) is 16.8 Å². The van der Waals surface area contributed by atoms with Gasteiger partial charge in [0.2, 0.25) is 5.91 Å². The molecule has 0 aliphatic carbocycles. The molecule has 4 nitrogen and oxygen atoms in total. The Hall–Kier alpha value is -0.910. The van der Waals surface area contributed by atoms with Gasteiger partial charge in [-0.3, -0.25) is 9.59 Å². The van der Waals surface area contributed by atoms with Crippen molar-refractivity contribution in [2.24, 2.45) is 0 Å². The van der Waals surface area contributed by atoms with E-state index in [1.165, 1.54) is 6.07 Å². The second kappa shape index (κ2) is 10.1. The van der Waals surface area contributed by atoms with E-state index < -0.39 is 6.04 Å². The fraction of sp³-hybridized carbons (Fsp3) is 0.500. The molecule has 0 fully saturated rings. The summed E-state index contributed by atoms with van der Waals surface area (Å²) in [5, 5.41) is 3.54. The Labute approximate surface area is 151 Å². The normalized spacial score (nSPS) is 11.9. The largest absolute Gasteiger partial charge is 0.341 e. The molecule has 0 spiro atoms. The number of rotatable bonds is 8. The fourth-order valence-electron chi connectivity index (χ4n) is 2.16. The van der Waals surface area contributed by atoms with E-state index in [2.05, 4.69) is 5.32 Å². The van der Waals surface area contributed by atoms with Gasteiger partial charge in [0.05, 0.1) is 10.6 Å². The Morgan fingerprint density at radius 1 is 1.26 bits per heavy atom. The van der Waals surface area contributed by atoms with Crippen LogP contribution in [0.1, 0.15) is 30.6 Å². The third-order valence-electron chi connectivity index (χ3n) is 3.46. The number of hydrogen-bond donors (Lipinski definition) is 1. The summed E-state index contributed by atoms with van der Waals surface area (Å²) in [7, 11) is 0. The van der Waals surface area contributed by atoms with Crippen LogP contribution in [-0.4, -0.2) is 47.9 Å². The lowest BCUT2D eigenvalue weighted by Crippen LogP contribution is -2.48. The molecule has 1 unspecified atom stereocenters. The van der Waals surface area contributed by atoms with Crippen molar-refractivity contribution in [2.45, 2.75) is 26.3 Å². The van der Waals surface area contributed by atoms with Crippen molar-refractivity contribution in [2.75, 3.05) is 25.1 Å². The second-order valence-electron chi connectivity index (χ2n) is 4.94. The van der Waals surface area contributed by atoms with Gasteiger partial charge in [0.15, 0.2) is 0 Å². The second-order valence-corrected chi connectivity index (χ2v) is 6.77. The zero-order chi connectivity index (χ0) is 17.4. The maximum atomic E-state index is 12.6. The summed E-state index contributed by atoms with van der Waals surface area (Å²) in [6.07, 6.45) is 2.55. The average molecular weight is 377 g/mol. The highest BCUT2D eigenvalue weighted by Crippen LogP contribution is 2.21. The summed E-state index contributed by atoms with van der Waals surface area (Å²) in [6, 6.07) is 4.13. The topological polar surface area (TPSA) is 49.4 Å². The van der Waals surface area contributed by atoms with Crippen LogP contribution in [0.3, 0.4) is 0 Å². The summed E-state index contributed by atoms with van der Waals surface area (Å²) in [5.74, 6) is 0.354. The first kappa shape index (κ1) is 20.1. The summed E-state index contributed by atoms with van der Waals surface area (Å²) in [5.41, 5.74) is 0.317. The molecule has 0 saturated heterocycles. The molecule has 1 atom stereocenters. The Balaban J connectivity index is 2.91. The van der Waals surface area contributed by atoms with Crippen molar-refractivity contribution in [3.8, 4) is 0 Å². The molecule has 1 N–H and O–H groups in total. The minimum absolute atomic E-state index is 0.0671. The van der Waals surface area contributed by atoms with Crippen molar-refractivity contribution in [3.05, 3.63) is 33.8 Å². The van der Waals surface area contributed by atoms with E-state index in [1.807, 2.05) is 20.1 Å². The summed E-state index contributed by atoms with van der Waals surface area (Å²) in [6.45, 7) is 5.07. The highest BCUT2D eigenvalue weighted by molar-refractivity contribution is 7.98. The summed E-state index contributed by atoms with van der Waals surface area (Å²) < 4.78 is 0. The SMILES string of the molecule is CCN(CC)C(=O)C(CCSC)NC(=O)c1ccc(Cl)cc1Cl. The molecule has 0 radical (unpaired) electrons. The van der Waals surface area contributed by atoms with Crippen LogP contribution in [-0.2, 0) is 4.79 Å². The van der Waals surface area contributed by atoms with Crippen molar-refractivity contribution >= 4 is 46.8 Å². The molecule has 7 heteroatoms. The van der Waals surface area contributed by atoms with Gasteiger partial charge in [-0.15, -0.1) is 0 Å². The number of carbonyl (C=O) groups excluding carboxylic acids is 2. The Bertz CT molecular complexity index is 551. The molecule has 0 bridgehead atoms. The Morgan fingerprint density at radius 2 is 1.91 bits per heavy atom. The lowest BCUT2D eigenvalue weighted by atomic mass is 10.1. The van der Waals surface area contributed by atoms with Crippen LogP contribution in [0.5, 0.6) is 0 Å². The standard InChI is InChI=1S/C16H22Cl2N2O2S/c1-4-20(5-2)16(22)14(8-9-23-3)19-15(21)12-7-6-11(17)10-13(12)18/h6-7,10,14H,4-5,8-9H2,1-3H3,(H,19,21). The quantitative estimate of drug-likeness (QED) is 0.751. The van der Waals surface area contributed by atoms with Gasteiger partial charge in [0.25, 0.3) is 5.91 Å². The number of nitrogens with one attached hydrogen (secondary N) is 1. The van der Waals surface area contributed by atoms with Crippen LogP contribution in [0.2, 0.25) is 10.0 Å². The van der Waals surface area contributed by atoms with E-state index in [9.17, 15) is 9.59 Å². The van der Waals surface area contributed by atoms with Gasteiger partial charge in [-0.1, -0.05) is 23.2 Å². The van der Waals surface area contributed by atoms with Crippen LogP contribution < -0.4 is 5.32 Å². The molecule has 1 aromatic rings. The van der Waals surface area contributed by atoms with Gasteiger partial charge in [-0.2, -0.15) is 11.8 Å². The minimum atomic E-state index is -0.554. The van der Waals surface area contributed by atoms with Gasteiger partial charge < -0.3 is 10.2 Å². The maximum absolute atomic E-state index is 12.6. The van der Waals surface area contributed by atoms with Crippen LogP contribution >= 0.6 is 35.0 Å². The average Bonchev–Trinajstić information content (AvgIpc) is 2.52. The Kier molecular flexibility index (Phi) is 8.81. The van der Waals surface area contributed by atoms with E-state index in [4.69, 9.17) is 23.2 Å². The third-order valence-corrected chi connectivity index (χ3v) is 4.66. The molecular weight excluding hydrogens is 355 g/mol. The number of benzene rings is 1. The summed E-state index contributed by atoms with van der Waals surface area (Å²) in [4.78, 5) is 26.7. The van der Waals surface area contributed by atoms with Crippen molar-refractivity contribution in [1.29, 1.82) is 0 Å². The lowest BCUT2D eigenvalue weighted by Gasteiger charge is -2.26. The zero-order valence-electron chi connectivity index (χ0n) is 13.6. The fourth-order valence-corrected chi connectivity index (χ4v) is 3.12. The molecule has 0 aliphatic rings. The number of hydrogen-bond acceptors (Lipinski definition) is 3. The Morgan fingerprint density at radius 3 is 2.43 bits per heavy atom. The number of likely N-dealkylation sites (N-methyl/N-ethyl adjacent to an activating group) is 1. The van der Waals surface area contributed by atoms with Crippen molar-refractivity contribution < 1.29 is 9.59 Å². The molecule has 1 aromatic carbocycles. The van der Waals surface area contributed by atoms with Gasteiger partial charge in [-0.25, -0.2) is 0 Å². The molecule has 0 heterocycles. The van der Waals surface area contributed by atoms with E-state index in [1.54, 1.807) is 28.8 Å². The number of thioether (sulfide) groups is 1. The van der Waals surface area contributed by atoms with Crippen molar-refractivity contribution in [1.82, 2.24) is 10.2 Å². The first-order valence-electron chi connectivity index (χ1n) is 7.48. The number of amides is 2. The molecule has 128 valence electrons. The van der Waals surface area contributed by atoms with Crippen LogP contribution in [0, 0.1) is 0 Å². The van der Waals surface area contributed by atoms with Gasteiger partial charge in [0.1, 0.15) is 6.04 Å². The highest BCUT2D eigenvalue weighted by atomic mass is 35.5. The minimum Gasteiger partial charge on any atom is -0.341 e.